The Hall–Kier alpha value is -1.78. The fourth-order valence-corrected chi connectivity index (χ4v) is 3.74. The number of hydrogen-bond acceptors (Lipinski definition) is 4. The Kier molecular flexibility index (Phi) is 3.01. The van der Waals surface area contributed by atoms with Crippen LogP contribution >= 0.6 is 0 Å². The van der Waals surface area contributed by atoms with Crippen LogP contribution in [0.25, 0.3) is 11.3 Å². The minimum atomic E-state index is -0.683. The van der Waals surface area contributed by atoms with Crippen LogP contribution < -0.4 is 0 Å². The van der Waals surface area contributed by atoms with Gasteiger partial charge in [-0.25, -0.2) is 0 Å². The molecule has 2 bridgehead atoms. The lowest BCUT2D eigenvalue weighted by atomic mass is 9.71. The van der Waals surface area contributed by atoms with Gasteiger partial charge in [-0.05, 0) is 37.4 Å². The molecule has 4 nitrogen and oxygen atoms in total. The lowest BCUT2D eigenvalue weighted by Crippen LogP contribution is -2.57. The molecule has 1 atom stereocenters. The summed E-state index contributed by atoms with van der Waals surface area (Å²) >= 11 is 0. The first-order valence-electron chi connectivity index (χ1n) is 7.57. The highest BCUT2D eigenvalue weighted by Crippen LogP contribution is 2.42. The summed E-state index contributed by atoms with van der Waals surface area (Å²) in [5.74, 6) is 0.393. The fraction of sp³-hybridized carbons (Fsp3) is 0.412. The van der Waals surface area contributed by atoms with E-state index in [0.717, 1.165) is 49.3 Å². The van der Waals surface area contributed by atoms with E-state index in [1.807, 2.05) is 24.3 Å². The second kappa shape index (κ2) is 4.90. The number of rotatable bonds is 2. The van der Waals surface area contributed by atoms with E-state index >= 15 is 0 Å². The van der Waals surface area contributed by atoms with E-state index < -0.39 is 5.60 Å². The van der Waals surface area contributed by atoms with E-state index in [0.29, 0.717) is 5.92 Å². The molecule has 0 aliphatic carbocycles. The third kappa shape index (κ3) is 2.15. The number of piperidine rings is 3. The van der Waals surface area contributed by atoms with Gasteiger partial charge in [0, 0.05) is 24.5 Å². The zero-order valence-electron chi connectivity index (χ0n) is 11.9. The van der Waals surface area contributed by atoms with Gasteiger partial charge in [0.25, 0.3) is 0 Å². The zero-order valence-corrected chi connectivity index (χ0v) is 11.9. The molecule has 5 rings (SSSR count). The maximum Gasteiger partial charge on any atom is 0.105 e. The second-order valence-electron chi connectivity index (χ2n) is 6.14. The lowest BCUT2D eigenvalue weighted by Gasteiger charge is -2.50. The maximum absolute atomic E-state index is 11.1. The molecular formula is C17H19N3O. The van der Waals surface area contributed by atoms with Gasteiger partial charge in [-0.2, -0.15) is 0 Å². The van der Waals surface area contributed by atoms with Crippen molar-refractivity contribution < 1.29 is 5.11 Å². The smallest absolute Gasteiger partial charge is 0.105 e. The molecule has 0 spiro atoms. The van der Waals surface area contributed by atoms with Crippen LogP contribution in [0.5, 0.6) is 0 Å². The summed E-state index contributed by atoms with van der Waals surface area (Å²) in [4.78, 5) is 10.8. The average Bonchev–Trinajstić information content (AvgIpc) is 2.57. The van der Waals surface area contributed by atoms with Crippen molar-refractivity contribution in [2.75, 3.05) is 19.6 Å². The standard InChI is InChI=1S/C17H19N3O/c21-17(12-20-9-5-15(17)6-10-20)14-3-1-13(2-4-14)16-11-18-7-8-19-16/h1-4,7-8,11,15,21H,5-6,9-10,12H2. The van der Waals surface area contributed by atoms with Crippen molar-refractivity contribution in [2.24, 2.45) is 5.92 Å². The van der Waals surface area contributed by atoms with Gasteiger partial charge >= 0.3 is 0 Å². The van der Waals surface area contributed by atoms with E-state index in [-0.39, 0.29) is 0 Å². The molecule has 2 aromatic rings. The summed E-state index contributed by atoms with van der Waals surface area (Å²) < 4.78 is 0. The largest absolute Gasteiger partial charge is 0.384 e. The predicted molar refractivity (Wildman–Crippen MR) is 80.5 cm³/mol. The Morgan fingerprint density at radius 2 is 1.86 bits per heavy atom. The number of hydrogen-bond donors (Lipinski definition) is 1. The van der Waals surface area contributed by atoms with Crippen molar-refractivity contribution in [3.8, 4) is 11.3 Å². The highest BCUT2D eigenvalue weighted by atomic mass is 16.3. The van der Waals surface area contributed by atoms with Gasteiger partial charge in [0.2, 0.25) is 0 Å². The molecule has 3 aliphatic heterocycles. The normalized spacial score (nSPS) is 31.3. The maximum atomic E-state index is 11.1. The third-order valence-corrected chi connectivity index (χ3v) is 4.97. The molecule has 3 aliphatic rings. The number of aromatic nitrogens is 2. The summed E-state index contributed by atoms with van der Waals surface area (Å²) in [5.41, 5.74) is 2.25. The van der Waals surface area contributed by atoms with Crippen LogP contribution in [-0.2, 0) is 5.60 Å². The highest BCUT2D eigenvalue weighted by Gasteiger charge is 2.46. The molecule has 21 heavy (non-hydrogen) atoms. The summed E-state index contributed by atoms with van der Waals surface area (Å²) in [6.45, 7) is 3.03. The molecule has 0 radical (unpaired) electrons. The van der Waals surface area contributed by atoms with Gasteiger partial charge in [-0.1, -0.05) is 24.3 Å². The van der Waals surface area contributed by atoms with Crippen LogP contribution in [0.1, 0.15) is 18.4 Å². The number of benzene rings is 1. The Balaban J connectivity index is 1.65. The molecule has 4 heterocycles. The van der Waals surface area contributed by atoms with Crippen molar-refractivity contribution >= 4 is 0 Å². The van der Waals surface area contributed by atoms with E-state index in [1.54, 1.807) is 18.6 Å². The minimum absolute atomic E-state index is 0.393. The molecule has 1 unspecified atom stereocenters. The fourth-order valence-electron chi connectivity index (χ4n) is 3.74. The first-order valence-corrected chi connectivity index (χ1v) is 7.57. The van der Waals surface area contributed by atoms with Gasteiger partial charge in [0.05, 0.1) is 11.9 Å². The lowest BCUT2D eigenvalue weighted by molar-refractivity contribution is -0.117. The molecule has 108 valence electrons. The van der Waals surface area contributed by atoms with Crippen LogP contribution in [0.4, 0.5) is 0 Å². The Bertz CT molecular complexity index is 620. The summed E-state index contributed by atoms with van der Waals surface area (Å²) in [7, 11) is 0. The van der Waals surface area contributed by atoms with E-state index in [9.17, 15) is 5.11 Å². The monoisotopic (exact) mass is 281 g/mol. The quantitative estimate of drug-likeness (QED) is 0.915. The van der Waals surface area contributed by atoms with Gasteiger partial charge in [0.1, 0.15) is 5.60 Å². The summed E-state index contributed by atoms with van der Waals surface area (Å²) in [6.07, 6.45) is 7.33. The van der Waals surface area contributed by atoms with Crippen molar-refractivity contribution in [3.05, 3.63) is 48.4 Å². The Morgan fingerprint density at radius 3 is 2.43 bits per heavy atom. The average molecular weight is 281 g/mol. The summed E-state index contributed by atoms with van der Waals surface area (Å²) in [5, 5.41) is 11.1. The highest BCUT2D eigenvalue weighted by molar-refractivity contribution is 5.58. The molecule has 1 aromatic heterocycles. The molecule has 0 amide bonds. The van der Waals surface area contributed by atoms with Gasteiger partial charge in [-0.15, -0.1) is 0 Å². The molecule has 1 N–H and O–H groups in total. The first kappa shape index (κ1) is 12.9. The molecule has 3 fully saturated rings. The van der Waals surface area contributed by atoms with Crippen molar-refractivity contribution in [1.29, 1.82) is 0 Å². The summed E-state index contributed by atoms with van der Waals surface area (Å²) in [6, 6.07) is 8.17. The van der Waals surface area contributed by atoms with E-state index in [1.165, 1.54) is 0 Å². The SMILES string of the molecule is OC1(c2ccc(-c3cnccn3)cc2)CN2CCC1CC2. The third-order valence-electron chi connectivity index (χ3n) is 4.97. The predicted octanol–water partition coefficient (Wildman–Crippen LogP) is 2.06. The molecule has 0 saturated carbocycles. The zero-order chi connectivity index (χ0) is 14.3. The van der Waals surface area contributed by atoms with Crippen LogP contribution in [0, 0.1) is 5.92 Å². The van der Waals surface area contributed by atoms with Crippen LogP contribution in [0.15, 0.2) is 42.9 Å². The Morgan fingerprint density at radius 1 is 1.10 bits per heavy atom. The van der Waals surface area contributed by atoms with Crippen LogP contribution in [0.2, 0.25) is 0 Å². The van der Waals surface area contributed by atoms with E-state index in [2.05, 4.69) is 14.9 Å². The topological polar surface area (TPSA) is 49.3 Å². The van der Waals surface area contributed by atoms with Gasteiger partial charge in [0.15, 0.2) is 0 Å². The Labute approximate surface area is 124 Å². The second-order valence-corrected chi connectivity index (χ2v) is 6.14. The van der Waals surface area contributed by atoms with Crippen molar-refractivity contribution in [3.63, 3.8) is 0 Å². The van der Waals surface area contributed by atoms with Gasteiger partial charge in [-0.3, -0.25) is 9.97 Å². The molecule has 1 aromatic carbocycles. The molecule has 4 heteroatoms. The first-order chi connectivity index (χ1) is 10.3. The minimum Gasteiger partial charge on any atom is -0.384 e. The van der Waals surface area contributed by atoms with Crippen molar-refractivity contribution in [2.45, 2.75) is 18.4 Å². The van der Waals surface area contributed by atoms with Crippen molar-refractivity contribution in [1.82, 2.24) is 14.9 Å². The number of fused-ring (bicyclic) bond motifs is 3. The molecule has 3 saturated heterocycles. The number of aliphatic hydroxyl groups is 1. The van der Waals surface area contributed by atoms with Gasteiger partial charge < -0.3 is 10.0 Å². The van der Waals surface area contributed by atoms with E-state index in [4.69, 9.17) is 0 Å². The number of nitrogens with zero attached hydrogens (tertiary/aromatic N) is 3. The van der Waals surface area contributed by atoms with Crippen LogP contribution in [0.3, 0.4) is 0 Å². The van der Waals surface area contributed by atoms with Crippen LogP contribution in [-0.4, -0.2) is 39.6 Å². The molecular weight excluding hydrogens is 262 g/mol.